The van der Waals surface area contributed by atoms with Gasteiger partial charge in [-0.15, -0.1) is 0 Å². The van der Waals surface area contributed by atoms with E-state index in [-0.39, 0.29) is 23.3 Å². The summed E-state index contributed by atoms with van der Waals surface area (Å²) in [6.07, 6.45) is 20.4. The van der Waals surface area contributed by atoms with Crippen LogP contribution in [0.2, 0.25) is 0 Å². The van der Waals surface area contributed by atoms with Crippen LogP contribution in [0.3, 0.4) is 0 Å². The SMILES string of the molecule is CC(=O)Oc1cc(C=Cc2ccc(C(CC=CC=CC=C(C)C=CC3=C(C)CCCC3(C)C)(C(=O)O)C(C)C(=O)O)cc2)cc(OC(C)=O)c1. The Morgan fingerprint density at radius 2 is 1.46 bits per heavy atom. The number of hydrogen-bond donors (Lipinski definition) is 2. The number of aliphatic carboxylic acids is 2. The van der Waals surface area contributed by atoms with Crippen molar-refractivity contribution in [1.29, 1.82) is 0 Å². The van der Waals surface area contributed by atoms with Crippen LogP contribution in [0.1, 0.15) is 90.8 Å². The number of carboxylic acids is 2. The molecule has 0 saturated heterocycles. The molecule has 2 atom stereocenters. The van der Waals surface area contributed by atoms with Gasteiger partial charge in [0, 0.05) is 19.9 Å². The summed E-state index contributed by atoms with van der Waals surface area (Å²) in [5.74, 6) is -4.32. The first-order valence-electron chi connectivity index (χ1n) is 16.7. The molecule has 0 saturated carbocycles. The van der Waals surface area contributed by atoms with E-state index in [1.165, 1.54) is 50.8 Å². The Bertz CT molecular complexity index is 1730. The Hall–Kier alpha value is -5.24. The maximum atomic E-state index is 12.8. The maximum absolute atomic E-state index is 12.8. The zero-order chi connectivity index (χ0) is 37.1. The lowest BCUT2D eigenvalue weighted by Gasteiger charge is -2.32. The monoisotopic (exact) mass is 680 g/mol. The second-order valence-electron chi connectivity index (χ2n) is 13.4. The van der Waals surface area contributed by atoms with Gasteiger partial charge in [-0.25, -0.2) is 0 Å². The molecule has 0 spiro atoms. The summed E-state index contributed by atoms with van der Waals surface area (Å²) in [7, 11) is 0. The van der Waals surface area contributed by atoms with Crippen LogP contribution >= 0.6 is 0 Å². The number of benzene rings is 2. The largest absolute Gasteiger partial charge is 0.481 e. The minimum Gasteiger partial charge on any atom is -0.481 e. The van der Waals surface area contributed by atoms with Crippen LogP contribution in [0.15, 0.2) is 102 Å². The molecule has 0 radical (unpaired) electrons. The standard InChI is InChI=1S/C42H48O8/c1-28(15-22-38-29(2)14-12-23-41(38,6)7)13-10-8-9-11-24-42(40(47)48,30(3)39(45)46)35-20-18-33(19-21-35)16-17-34-25-36(49-31(4)43)27-37(26-34)50-32(5)44/h8-11,13,15-22,25-27,30H,12,14,23-24H2,1-7H3,(H,45,46)(H,47,48). The van der Waals surface area contributed by atoms with E-state index in [0.29, 0.717) is 16.7 Å². The molecular formula is C42H48O8. The molecule has 0 bridgehead atoms. The number of allylic oxidation sites excluding steroid dienone is 10. The first-order chi connectivity index (χ1) is 23.5. The summed E-state index contributed by atoms with van der Waals surface area (Å²) >= 11 is 0. The van der Waals surface area contributed by atoms with Crippen molar-refractivity contribution in [3.05, 3.63) is 118 Å². The van der Waals surface area contributed by atoms with E-state index in [4.69, 9.17) is 9.47 Å². The average molecular weight is 681 g/mol. The van der Waals surface area contributed by atoms with Gasteiger partial charge in [0.05, 0.1) is 5.92 Å². The van der Waals surface area contributed by atoms with Crippen LogP contribution in [0.5, 0.6) is 11.5 Å². The Balaban J connectivity index is 1.82. The first kappa shape index (κ1) is 39.2. The topological polar surface area (TPSA) is 127 Å². The van der Waals surface area contributed by atoms with Gasteiger partial charge in [0.15, 0.2) is 0 Å². The van der Waals surface area contributed by atoms with Crippen molar-refractivity contribution < 1.29 is 38.9 Å². The molecule has 0 amide bonds. The van der Waals surface area contributed by atoms with Crippen LogP contribution < -0.4 is 9.47 Å². The molecule has 0 heterocycles. The minimum absolute atomic E-state index is 0.0394. The number of carbonyl (C=O) groups excluding carboxylic acids is 2. The van der Waals surface area contributed by atoms with E-state index in [1.54, 1.807) is 60.7 Å². The van der Waals surface area contributed by atoms with Gasteiger partial charge >= 0.3 is 23.9 Å². The lowest BCUT2D eigenvalue weighted by molar-refractivity contribution is -0.155. The third-order valence-electron chi connectivity index (χ3n) is 9.02. The molecular weight excluding hydrogens is 632 g/mol. The highest BCUT2D eigenvalue weighted by molar-refractivity contribution is 5.89. The molecule has 3 rings (SSSR count). The predicted molar refractivity (Wildman–Crippen MR) is 197 cm³/mol. The third kappa shape index (κ3) is 10.6. The minimum atomic E-state index is -1.72. The molecule has 2 unspecified atom stereocenters. The van der Waals surface area contributed by atoms with E-state index in [1.807, 2.05) is 25.2 Å². The van der Waals surface area contributed by atoms with Crippen molar-refractivity contribution in [1.82, 2.24) is 0 Å². The molecule has 50 heavy (non-hydrogen) atoms. The van der Waals surface area contributed by atoms with Gasteiger partial charge in [-0.1, -0.05) is 111 Å². The van der Waals surface area contributed by atoms with Crippen molar-refractivity contribution in [3.8, 4) is 11.5 Å². The summed E-state index contributed by atoms with van der Waals surface area (Å²) in [6, 6.07) is 11.3. The number of esters is 2. The summed E-state index contributed by atoms with van der Waals surface area (Å²) in [4.78, 5) is 48.0. The van der Waals surface area contributed by atoms with Crippen molar-refractivity contribution in [3.63, 3.8) is 0 Å². The van der Waals surface area contributed by atoms with Gasteiger partial charge in [0.2, 0.25) is 0 Å². The third-order valence-corrected chi connectivity index (χ3v) is 9.02. The van der Waals surface area contributed by atoms with E-state index < -0.39 is 35.2 Å². The predicted octanol–water partition coefficient (Wildman–Crippen LogP) is 9.28. The lowest BCUT2D eigenvalue weighted by Crippen LogP contribution is -2.45. The fourth-order valence-electron chi connectivity index (χ4n) is 6.26. The number of carbonyl (C=O) groups is 4. The second-order valence-corrected chi connectivity index (χ2v) is 13.4. The summed E-state index contributed by atoms with van der Waals surface area (Å²) in [5, 5.41) is 20.4. The van der Waals surface area contributed by atoms with E-state index in [2.05, 4.69) is 32.9 Å². The van der Waals surface area contributed by atoms with E-state index in [0.717, 1.165) is 12.0 Å². The Kier molecular flexibility index (Phi) is 13.7. The van der Waals surface area contributed by atoms with Crippen LogP contribution in [0.25, 0.3) is 12.2 Å². The Morgan fingerprint density at radius 3 is 2.00 bits per heavy atom. The molecule has 0 aliphatic heterocycles. The molecule has 264 valence electrons. The zero-order valence-electron chi connectivity index (χ0n) is 30.0. The van der Waals surface area contributed by atoms with Crippen LogP contribution in [-0.4, -0.2) is 34.1 Å². The Morgan fingerprint density at radius 1 is 0.860 bits per heavy atom. The van der Waals surface area contributed by atoms with Gasteiger partial charge in [-0.05, 0) is 79.3 Å². The van der Waals surface area contributed by atoms with Gasteiger partial charge in [-0.3, -0.25) is 19.2 Å². The maximum Gasteiger partial charge on any atom is 0.315 e. The smallest absolute Gasteiger partial charge is 0.315 e. The van der Waals surface area contributed by atoms with Gasteiger partial charge in [-0.2, -0.15) is 0 Å². The first-order valence-corrected chi connectivity index (χ1v) is 16.7. The van der Waals surface area contributed by atoms with Crippen molar-refractivity contribution in [2.24, 2.45) is 11.3 Å². The van der Waals surface area contributed by atoms with Crippen LogP contribution in [0.4, 0.5) is 0 Å². The average Bonchev–Trinajstić information content (AvgIpc) is 3.02. The normalized spacial score (nSPS) is 17.0. The van der Waals surface area contributed by atoms with Gasteiger partial charge in [0.25, 0.3) is 0 Å². The quantitative estimate of drug-likeness (QED) is 0.0875. The summed E-state index contributed by atoms with van der Waals surface area (Å²) in [6.45, 7) is 12.7. The summed E-state index contributed by atoms with van der Waals surface area (Å²) in [5.41, 5.74) is 4.00. The van der Waals surface area contributed by atoms with E-state index in [9.17, 15) is 29.4 Å². The highest BCUT2D eigenvalue weighted by atomic mass is 16.5. The highest BCUT2D eigenvalue weighted by Crippen LogP contribution is 2.41. The number of carboxylic acid groups (broad SMARTS) is 2. The van der Waals surface area contributed by atoms with Gasteiger partial charge in [0.1, 0.15) is 16.9 Å². The van der Waals surface area contributed by atoms with Gasteiger partial charge < -0.3 is 19.7 Å². The van der Waals surface area contributed by atoms with Crippen LogP contribution in [-0.2, 0) is 24.6 Å². The fourth-order valence-corrected chi connectivity index (χ4v) is 6.26. The van der Waals surface area contributed by atoms with Crippen LogP contribution in [0, 0.1) is 11.3 Å². The molecule has 1 aliphatic rings. The lowest BCUT2D eigenvalue weighted by atomic mass is 9.68. The molecule has 1 aliphatic carbocycles. The van der Waals surface area contributed by atoms with E-state index >= 15 is 0 Å². The number of ether oxygens (including phenoxy) is 2. The molecule has 2 N–H and O–H groups in total. The molecule has 2 aromatic carbocycles. The van der Waals surface area contributed by atoms with Crippen molar-refractivity contribution >= 4 is 36.0 Å². The molecule has 8 heteroatoms. The zero-order valence-corrected chi connectivity index (χ0v) is 30.0. The molecule has 0 aromatic heterocycles. The number of rotatable bonds is 14. The second kappa shape index (κ2) is 17.4. The molecule has 8 nitrogen and oxygen atoms in total. The van der Waals surface area contributed by atoms with Crippen molar-refractivity contribution in [2.45, 2.75) is 79.6 Å². The Labute approximate surface area is 295 Å². The fraction of sp³-hybridized carbons (Fsp3) is 0.333. The van der Waals surface area contributed by atoms with Crippen molar-refractivity contribution in [2.75, 3.05) is 0 Å². The number of hydrogen-bond acceptors (Lipinski definition) is 6. The highest BCUT2D eigenvalue weighted by Gasteiger charge is 2.48. The summed E-state index contributed by atoms with van der Waals surface area (Å²) < 4.78 is 10.3. The molecule has 0 fully saturated rings. The molecule has 2 aromatic rings.